The normalized spacial score (nSPS) is 14.1. The van der Waals surface area contributed by atoms with Crippen LogP contribution in [0.5, 0.6) is 0 Å². The topological polar surface area (TPSA) is 25.8 Å². The first kappa shape index (κ1) is 36.4. The minimum Gasteiger partial charge on any atom is -0.256 e. The Bertz CT molecular complexity index is 3230. The molecule has 0 N–H and O–H groups in total. The zero-order valence-electron chi connectivity index (χ0n) is 35.4. The standard InChI is InChI=1S/C60H44N2/c1-59(2)53-33-41(39-13-9-15-45(31-39)57-47-17-7-5-11-37(47)27-29-61-57)19-23-49(53)51-25-21-43(35-55(51)59)44-22-26-52-50-24-20-42(34-54(50)60(3,4)56(52)36-44)40-14-10-16-46(32-40)58-48-18-8-6-12-38(48)28-30-62-58/h5-36H,1-4H3. The van der Waals surface area contributed by atoms with E-state index in [1.165, 1.54) is 99.4 Å². The summed E-state index contributed by atoms with van der Waals surface area (Å²) in [6, 6.07) is 67.2. The molecule has 0 bridgehead atoms. The SMILES string of the molecule is CC1(C)c2cc(-c3cccc(-c4nccc5ccccc45)c3)ccc2-c2ccc(-c3ccc4c(c3)C(C)(C)c3cc(-c5cccc(-c6nccc7ccccc67)c5)ccc3-4)cc21. The first-order valence-electron chi connectivity index (χ1n) is 21.7. The predicted molar refractivity (Wildman–Crippen MR) is 259 cm³/mol. The zero-order chi connectivity index (χ0) is 41.7. The quantitative estimate of drug-likeness (QED) is 0.173. The van der Waals surface area contributed by atoms with Crippen LogP contribution in [0.3, 0.4) is 0 Å². The van der Waals surface area contributed by atoms with E-state index in [0.717, 1.165) is 22.5 Å². The molecule has 62 heavy (non-hydrogen) atoms. The largest absolute Gasteiger partial charge is 0.256 e. The fourth-order valence-corrected chi connectivity index (χ4v) is 10.6. The third-order valence-corrected chi connectivity index (χ3v) is 14.0. The van der Waals surface area contributed by atoms with Gasteiger partial charge in [0.25, 0.3) is 0 Å². The van der Waals surface area contributed by atoms with Crippen LogP contribution >= 0.6 is 0 Å². The van der Waals surface area contributed by atoms with E-state index in [1.54, 1.807) is 0 Å². The molecule has 0 spiro atoms. The highest BCUT2D eigenvalue weighted by atomic mass is 14.7. The van der Waals surface area contributed by atoms with Crippen molar-refractivity contribution in [2.45, 2.75) is 38.5 Å². The molecule has 0 fully saturated rings. The van der Waals surface area contributed by atoms with Crippen molar-refractivity contribution in [3.63, 3.8) is 0 Å². The van der Waals surface area contributed by atoms with Gasteiger partial charge in [-0.2, -0.15) is 0 Å². The highest BCUT2D eigenvalue weighted by molar-refractivity contribution is 5.97. The third-order valence-electron chi connectivity index (χ3n) is 14.0. The fraction of sp³-hybridized carbons (Fsp3) is 0.100. The summed E-state index contributed by atoms with van der Waals surface area (Å²) in [5.74, 6) is 0. The predicted octanol–water partition coefficient (Wildman–Crippen LogP) is 15.7. The van der Waals surface area contributed by atoms with Crippen LogP contribution in [0.1, 0.15) is 49.9 Å². The van der Waals surface area contributed by atoms with Gasteiger partial charge in [0.1, 0.15) is 0 Å². The van der Waals surface area contributed by atoms with E-state index in [1.807, 2.05) is 12.4 Å². The lowest BCUT2D eigenvalue weighted by Gasteiger charge is -2.24. The van der Waals surface area contributed by atoms with E-state index >= 15 is 0 Å². The van der Waals surface area contributed by atoms with Gasteiger partial charge in [-0.15, -0.1) is 0 Å². The maximum atomic E-state index is 4.82. The summed E-state index contributed by atoms with van der Waals surface area (Å²) in [4.78, 5) is 9.64. The van der Waals surface area contributed by atoms with Crippen LogP contribution in [0, 0.1) is 0 Å². The van der Waals surface area contributed by atoms with Gasteiger partial charge in [0.2, 0.25) is 0 Å². The van der Waals surface area contributed by atoms with Crippen LogP contribution in [0.4, 0.5) is 0 Å². The maximum Gasteiger partial charge on any atom is 0.0780 e. The first-order chi connectivity index (χ1) is 30.2. The molecule has 2 aromatic heterocycles. The van der Waals surface area contributed by atoms with Gasteiger partial charge in [0.05, 0.1) is 11.4 Å². The molecule has 2 nitrogen and oxygen atoms in total. The molecular formula is C60H44N2. The summed E-state index contributed by atoms with van der Waals surface area (Å²) >= 11 is 0. The summed E-state index contributed by atoms with van der Waals surface area (Å²) in [7, 11) is 0. The van der Waals surface area contributed by atoms with Gasteiger partial charge in [0.15, 0.2) is 0 Å². The Labute approximate surface area is 363 Å². The summed E-state index contributed by atoms with van der Waals surface area (Å²) in [6.07, 6.45) is 3.83. The minimum atomic E-state index is -0.158. The van der Waals surface area contributed by atoms with Crippen LogP contribution < -0.4 is 0 Å². The van der Waals surface area contributed by atoms with Gasteiger partial charge in [-0.3, -0.25) is 9.97 Å². The smallest absolute Gasteiger partial charge is 0.0780 e. The minimum absolute atomic E-state index is 0.158. The van der Waals surface area contributed by atoms with Crippen molar-refractivity contribution in [1.82, 2.24) is 9.97 Å². The number of rotatable bonds is 5. The van der Waals surface area contributed by atoms with Crippen molar-refractivity contribution in [3.8, 4) is 78.1 Å². The summed E-state index contributed by atoms with van der Waals surface area (Å²) in [6.45, 7) is 9.54. The third kappa shape index (κ3) is 5.56. The molecule has 0 amide bonds. The second kappa shape index (κ2) is 13.5. The lowest BCUT2D eigenvalue weighted by molar-refractivity contribution is 0.660. The molecule has 2 heterocycles. The summed E-state index contributed by atoms with van der Waals surface area (Å²) < 4.78 is 0. The molecule has 294 valence electrons. The Kier molecular flexibility index (Phi) is 7.96. The monoisotopic (exact) mass is 792 g/mol. The number of hydrogen-bond acceptors (Lipinski definition) is 2. The summed E-state index contributed by atoms with van der Waals surface area (Å²) in [5, 5.41) is 4.76. The lowest BCUT2D eigenvalue weighted by atomic mass is 9.79. The molecule has 8 aromatic carbocycles. The average Bonchev–Trinajstić information content (AvgIpc) is 3.69. The van der Waals surface area contributed by atoms with Crippen LogP contribution in [-0.4, -0.2) is 9.97 Å². The molecule has 2 aliphatic rings. The van der Waals surface area contributed by atoms with E-state index in [0.29, 0.717) is 0 Å². The van der Waals surface area contributed by atoms with Gasteiger partial charge < -0.3 is 0 Å². The van der Waals surface area contributed by atoms with Crippen molar-refractivity contribution in [1.29, 1.82) is 0 Å². The second-order valence-electron chi connectivity index (χ2n) is 18.2. The van der Waals surface area contributed by atoms with Gasteiger partial charge in [-0.25, -0.2) is 0 Å². The maximum absolute atomic E-state index is 4.82. The van der Waals surface area contributed by atoms with Crippen LogP contribution in [0.25, 0.3) is 99.7 Å². The van der Waals surface area contributed by atoms with E-state index in [4.69, 9.17) is 9.97 Å². The molecule has 0 aliphatic heterocycles. The second-order valence-corrected chi connectivity index (χ2v) is 18.2. The Morgan fingerprint density at radius 3 is 0.984 bits per heavy atom. The molecule has 0 radical (unpaired) electrons. The van der Waals surface area contributed by atoms with E-state index in [9.17, 15) is 0 Å². The number of fused-ring (bicyclic) bond motifs is 8. The van der Waals surface area contributed by atoms with Crippen LogP contribution in [0.15, 0.2) is 194 Å². The van der Waals surface area contributed by atoms with Crippen molar-refractivity contribution >= 4 is 21.5 Å². The summed E-state index contributed by atoms with van der Waals surface area (Å²) in [5.41, 5.74) is 22.2. The molecule has 0 atom stereocenters. The Morgan fingerprint density at radius 1 is 0.290 bits per heavy atom. The Hall–Kier alpha value is -7.42. The molecular weight excluding hydrogens is 749 g/mol. The van der Waals surface area contributed by atoms with Crippen molar-refractivity contribution in [3.05, 3.63) is 217 Å². The Morgan fingerprint density at radius 2 is 0.613 bits per heavy atom. The van der Waals surface area contributed by atoms with Gasteiger partial charge in [-0.05, 0) is 137 Å². The number of pyridine rings is 2. The van der Waals surface area contributed by atoms with E-state index in [2.05, 4.69) is 210 Å². The number of aromatic nitrogens is 2. The molecule has 10 aromatic rings. The van der Waals surface area contributed by atoms with Crippen LogP contribution in [-0.2, 0) is 10.8 Å². The van der Waals surface area contributed by atoms with E-state index in [-0.39, 0.29) is 10.8 Å². The van der Waals surface area contributed by atoms with Gasteiger partial charge in [-0.1, -0.05) is 161 Å². The molecule has 2 aliphatic carbocycles. The van der Waals surface area contributed by atoms with Crippen molar-refractivity contribution < 1.29 is 0 Å². The van der Waals surface area contributed by atoms with Crippen molar-refractivity contribution in [2.24, 2.45) is 0 Å². The fourth-order valence-electron chi connectivity index (χ4n) is 10.6. The number of hydrogen-bond donors (Lipinski definition) is 0. The molecule has 0 saturated heterocycles. The highest BCUT2D eigenvalue weighted by Crippen LogP contribution is 2.53. The Balaban J connectivity index is 0.854. The molecule has 12 rings (SSSR count). The zero-order valence-corrected chi connectivity index (χ0v) is 35.4. The number of benzene rings is 8. The highest BCUT2D eigenvalue weighted by Gasteiger charge is 2.38. The first-order valence-corrected chi connectivity index (χ1v) is 21.7. The van der Waals surface area contributed by atoms with Crippen molar-refractivity contribution in [2.75, 3.05) is 0 Å². The van der Waals surface area contributed by atoms with Crippen LogP contribution in [0.2, 0.25) is 0 Å². The number of nitrogens with zero attached hydrogens (tertiary/aromatic N) is 2. The van der Waals surface area contributed by atoms with Gasteiger partial charge >= 0.3 is 0 Å². The average molecular weight is 793 g/mol. The lowest BCUT2D eigenvalue weighted by Crippen LogP contribution is -2.15. The molecule has 0 unspecified atom stereocenters. The van der Waals surface area contributed by atoms with Gasteiger partial charge in [0, 0.05) is 45.1 Å². The molecule has 0 saturated carbocycles. The van der Waals surface area contributed by atoms with E-state index < -0.39 is 0 Å². The molecule has 2 heteroatoms.